The van der Waals surface area contributed by atoms with Gasteiger partial charge in [0.25, 0.3) is 5.91 Å². The second-order valence-corrected chi connectivity index (χ2v) is 4.64. The van der Waals surface area contributed by atoms with Gasteiger partial charge in [-0.05, 0) is 29.8 Å². The molecule has 0 fully saturated rings. The zero-order valence-corrected chi connectivity index (χ0v) is 10.6. The highest BCUT2D eigenvalue weighted by atomic mass is 19.1. The van der Waals surface area contributed by atoms with Gasteiger partial charge in [-0.3, -0.25) is 4.79 Å². The summed E-state index contributed by atoms with van der Waals surface area (Å²) < 4.78 is 18.9. The smallest absolute Gasteiger partial charge is 0.265 e. The molecule has 0 radical (unpaired) electrons. The number of amides is 1. The molecule has 1 heterocycles. The summed E-state index contributed by atoms with van der Waals surface area (Å²) in [5, 5.41) is 2.63. The number of nitrogens with two attached hydrogens (primary N) is 1. The van der Waals surface area contributed by atoms with Gasteiger partial charge in [0.2, 0.25) is 0 Å². The third-order valence-electron chi connectivity index (χ3n) is 3.21. The largest absolute Gasteiger partial charge is 0.480 e. The van der Waals surface area contributed by atoms with Crippen LogP contribution in [0.15, 0.2) is 42.5 Å². The average molecular weight is 272 g/mol. The molecular formula is C15H13FN2O2. The van der Waals surface area contributed by atoms with Crippen LogP contribution in [0.1, 0.15) is 5.56 Å². The van der Waals surface area contributed by atoms with Crippen molar-refractivity contribution in [2.45, 2.75) is 12.5 Å². The van der Waals surface area contributed by atoms with Crippen LogP contribution in [0.5, 0.6) is 5.75 Å². The molecule has 2 aromatic rings. The summed E-state index contributed by atoms with van der Waals surface area (Å²) in [5.41, 5.74) is 6.79. The van der Waals surface area contributed by atoms with Crippen molar-refractivity contribution in [3.63, 3.8) is 0 Å². The Balaban J connectivity index is 1.71. The molecule has 1 atom stereocenters. The number of rotatable bonds is 2. The van der Waals surface area contributed by atoms with Crippen molar-refractivity contribution >= 4 is 17.3 Å². The Morgan fingerprint density at radius 2 is 2.10 bits per heavy atom. The predicted molar refractivity (Wildman–Crippen MR) is 74.0 cm³/mol. The number of para-hydroxylation sites is 1. The number of halogens is 1. The Kier molecular flexibility index (Phi) is 3.02. The molecule has 2 aromatic carbocycles. The van der Waals surface area contributed by atoms with E-state index in [-0.39, 0.29) is 11.6 Å². The lowest BCUT2D eigenvalue weighted by molar-refractivity contribution is -0.122. The van der Waals surface area contributed by atoms with Gasteiger partial charge >= 0.3 is 0 Å². The lowest BCUT2D eigenvalue weighted by atomic mass is 10.1. The van der Waals surface area contributed by atoms with E-state index >= 15 is 0 Å². The molecule has 0 aliphatic carbocycles. The summed E-state index contributed by atoms with van der Waals surface area (Å²) in [6.45, 7) is 0. The van der Waals surface area contributed by atoms with Gasteiger partial charge in [-0.1, -0.05) is 18.2 Å². The molecule has 102 valence electrons. The third kappa shape index (κ3) is 2.30. The van der Waals surface area contributed by atoms with Crippen LogP contribution >= 0.6 is 0 Å². The summed E-state index contributed by atoms with van der Waals surface area (Å²) in [7, 11) is 0. The van der Waals surface area contributed by atoms with E-state index in [0.29, 0.717) is 12.1 Å². The molecule has 0 bridgehead atoms. The highest BCUT2D eigenvalue weighted by Gasteiger charge is 2.28. The first-order valence-corrected chi connectivity index (χ1v) is 6.24. The minimum absolute atomic E-state index is 0.0486. The number of benzene rings is 2. The Bertz CT molecular complexity index is 648. The fraction of sp³-hybridized carbons (Fsp3) is 0.133. The molecule has 1 aliphatic rings. The summed E-state index contributed by atoms with van der Waals surface area (Å²) in [4.78, 5) is 12.1. The van der Waals surface area contributed by atoms with E-state index in [4.69, 9.17) is 10.5 Å². The number of carbonyl (C=O) groups excluding carboxylic acids is 1. The molecule has 3 N–H and O–H groups in total. The first kappa shape index (κ1) is 12.5. The summed E-state index contributed by atoms with van der Waals surface area (Å²) in [6, 6.07) is 11.7. The number of carbonyl (C=O) groups is 1. The molecular weight excluding hydrogens is 259 g/mol. The topological polar surface area (TPSA) is 64.3 Å². The number of anilines is 2. The van der Waals surface area contributed by atoms with Crippen LogP contribution in [-0.2, 0) is 11.2 Å². The second kappa shape index (κ2) is 4.85. The maximum atomic E-state index is 13.3. The van der Waals surface area contributed by atoms with Crippen molar-refractivity contribution in [2.75, 3.05) is 11.1 Å². The van der Waals surface area contributed by atoms with Crippen molar-refractivity contribution in [1.82, 2.24) is 0 Å². The number of ether oxygens (including phenoxy) is 1. The SMILES string of the molecule is Nc1ccc(NC(=O)C2Cc3ccccc3O2)cc1F. The van der Waals surface area contributed by atoms with Crippen molar-refractivity contribution in [3.05, 3.63) is 53.8 Å². The number of nitrogen functional groups attached to an aromatic ring is 1. The van der Waals surface area contributed by atoms with Crippen LogP contribution < -0.4 is 15.8 Å². The molecule has 1 unspecified atom stereocenters. The van der Waals surface area contributed by atoms with Gasteiger partial charge in [0.05, 0.1) is 5.69 Å². The van der Waals surface area contributed by atoms with E-state index in [9.17, 15) is 9.18 Å². The Morgan fingerprint density at radius 3 is 2.85 bits per heavy atom. The minimum atomic E-state index is -0.590. The van der Waals surface area contributed by atoms with Gasteiger partial charge in [0.15, 0.2) is 6.10 Å². The third-order valence-corrected chi connectivity index (χ3v) is 3.21. The maximum absolute atomic E-state index is 13.3. The summed E-state index contributed by atoms with van der Waals surface area (Å²) >= 11 is 0. The van der Waals surface area contributed by atoms with Crippen LogP contribution in [0.3, 0.4) is 0 Å². The first-order chi connectivity index (χ1) is 9.63. The van der Waals surface area contributed by atoms with Crippen molar-refractivity contribution in [2.24, 2.45) is 0 Å². The van der Waals surface area contributed by atoms with Gasteiger partial charge in [-0.25, -0.2) is 4.39 Å². The number of nitrogens with one attached hydrogen (secondary N) is 1. The van der Waals surface area contributed by atoms with E-state index in [1.165, 1.54) is 12.1 Å². The van der Waals surface area contributed by atoms with E-state index < -0.39 is 11.9 Å². The van der Waals surface area contributed by atoms with E-state index in [1.54, 1.807) is 6.07 Å². The molecule has 20 heavy (non-hydrogen) atoms. The fourth-order valence-corrected chi connectivity index (χ4v) is 2.16. The Hall–Kier alpha value is -2.56. The van der Waals surface area contributed by atoms with Gasteiger partial charge < -0.3 is 15.8 Å². The quantitative estimate of drug-likeness (QED) is 0.825. The van der Waals surface area contributed by atoms with E-state index in [0.717, 1.165) is 11.3 Å². The Morgan fingerprint density at radius 1 is 1.30 bits per heavy atom. The van der Waals surface area contributed by atoms with E-state index in [1.807, 2.05) is 24.3 Å². The molecule has 0 saturated carbocycles. The number of hydrogen-bond donors (Lipinski definition) is 2. The lowest BCUT2D eigenvalue weighted by Crippen LogP contribution is -2.31. The standard InChI is InChI=1S/C15H13FN2O2/c16-11-8-10(5-6-12(11)17)18-15(19)14-7-9-3-1-2-4-13(9)20-14/h1-6,8,14H,7,17H2,(H,18,19). The number of hydrogen-bond acceptors (Lipinski definition) is 3. The van der Waals surface area contributed by atoms with Gasteiger partial charge in [0.1, 0.15) is 11.6 Å². The van der Waals surface area contributed by atoms with Crippen molar-refractivity contribution < 1.29 is 13.9 Å². The highest BCUT2D eigenvalue weighted by molar-refractivity contribution is 5.95. The predicted octanol–water partition coefficient (Wildman–Crippen LogP) is 2.35. The fourth-order valence-electron chi connectivity index (χ4n) is 2.16. The van der Waals surface area contributed by atoms with Crippen LogP contribution in [0.25, 0.3) is 0 Å². The molecule has 3 rings (SSSR count). The molecule has 4 nitrogen and oxygen atoms in total. The van der Waals surface area contributed by atoms with Crippen molar-refractivity contribution in [1.29, 1.82) is 0 Å². The highest BCUT2D eigenvalue weighted by Crippen LogP contribution is 2.28. The molecule has 0 saturated heterocycles. The molecule has 1 amide bonds. The van der Waals surface area contributed by atoms with Crippen LogP contribution in [0.4, 0.5) is 15.8 Å². The zero-order chi connectivity index (χ0) is 14.1. The lowest BCUT2D eigenvalue weighted by Gasteiger charge is -2.11. The summed E-state index contributed by atoms with van der Waals surface area (Å²) in [6.07, 6.45) is -0.0764. The normalized spacial score (nSPS) is 16.4. The van der Waals surface area contributed by atoms with Gasteiger partial charge in [-0.15, -0.1) is 0 Å². The average Bonchev–Trinajstić information content (AvgIpc) is 2.87. The van der Waals surface area contributed by atoms with Crippen molar-refractivity contribution in [3.8, 4) is 5.75 Å². The molecule has 5 heteroatoms. The molecule has 0 aromatic heterocycles. The van der Waals surface area contributed by atoms with Crippen LogP contribution in [0.2, 0.25) is 0 Å². The van der Waals surface area contributed by atoms with Crippen LogP contribution in [0, 0.1) is 5.82 Å². The minimum Gasteiger partial charge on any atom is -0.480 e. The maximum Gasteiger partial charge on any atom is 0.265 e. The van der Waals surface area contributed by atoms with Gasteiger partial charge in [0, 0.05) is 12.1 Å². The van der Waals surface area contributed by atoms with Gasteiger partial charge in [-0.2, -0.15) is 0 Å². The first-order valence-electron chi connectivity index (χ1n) is 6.24. The zero-order valence-electron chi connectivity index (χ0n) is 10.6. The summed E-state index contributed by atoms with van der Waals surface area (Å²) in [5.74, 6) is -0.139. The molecule has 1 aliphatic heterocycles. The molecule has 0 spiro atoms. The monoisotopic (exact) mass is 272 g/mol. The van der Waals surface area contributed by atoms with Crippen LogP contribution in [-0.4, -0.2) is 12.0 Å². The second-order valence-electron chi connectivity index (χ2n) is 4.64. The van der Waals surface area contributed by atoms with E-state index in [2.05, 4.69) is 5.32 Å². The Labute approximate surface area is 115 Å². The number of fused-ring (bicyclic) bond motifs is 1.